The average Bonchev–Trinajstić information content (AvgIpc) is 2.89. The van der Waals surface area contributed by atoms with Crippen molar-refractivity contribution in [1.82, 2.24) is 10.2 Å². The maximum atomic E-state index is 12.7. The second-order valence-corrected chi connectivity index (χ2v) is 9.12. The molecule has 0 radical (unpaired) electrons. The van der Waals surface area contributed by atoms with Gasteiger partial charge in [-0.25, -0.2) is 0 Å². The standard InChI is InChI=1S/C26H32F3N3O5/c1-17(19-8-4-3-5-9-19)31(2)25(36)23(34)22(33)24(35)30-16-18-12-14-32(15-13-18)20-10-6-7-11-21(20)37-26(27,28)29/h3-11,17-18,22-23,33-34H,12-16H2,1-2H3,(H,30,35)/t17-,22?,23-/m1/s1. The van der Waals surface area contributed by atoms with Crippen molar-refractivity contribution in [2.45, 2.75) is 44.4 Å². The van der Waals surface area contributed by atoms with Crippen molar-refractivity contribution in [3.05, 3.63) is 60.2 Å². The first-order valence-electron chi connectivity index (χ1n) is 12.0. The topological polar surface area (TPSA) is 102 Å². The van der Waals surface area contributed by atoms with Crippen LogP contribution in [0.2, 0.25) is 0 Å². The number of aliphatic hydroxyl groups is 2. The van der Waals surface area contributed by atoms with Crippen LogP contribution in [-0.2, 0) is 9.59 Å². The lowest BCUT2D eigenvalue weighted by Crippen LogP contribution is -2.51. The molecule has 3 atom stereocenters. The van der Waals surface area contributed by atoms with Crippen molar-refractivity contribution < 1.29 is 37.7 Å². The fraction of sp³-hybridized carbons (Fsp3) is 0.462. The fourth-order valence-corrected chi connectivity index (χ4v) is 4.29. The van der Waals surface area contributed by atoms with E-state index in [0.717, 1.165) is 5.56 Å². The van der Waals surface area contributed by atoms with Crippen LogP contribution in [0, 0.1) is 5.92 Å². The Morgan fingerprint density at radius 2 is 1.65 bits per heavy atom. The number of halogens is 3. The zero-order valence-corrected chi connectivity index (χ0v) is 20.7. The van der Waals surface area contributed by atoms with Crippen molar-refractivity contribution in [3.8, 4) is 5.75 Å². The monoisotopic (exact) mass is 523 g/mol. The number of carbonyl (C=O) groups excluding carboxylic acids is 2. The molecular formula is C26H32F3N3O5. The van der Waals surface area contributed by atoms with Crippen LogP contribution in [0.15, 0.2) is 54.6 Å². The minimum atomic E-state index is -4.79. The Morgan fingerprint density at radius 3 is 2.27 bits per heavy atom. The number of hydrogen-bond donors (Lipinski definition) is 3. The second kappa shape index (κ2) is 12.3. The summed E-state index contributed by atoms with van der Waals surface area (Å²) in [6, 6.07) is 14.7. The third kappa shape index (κ3) is 7.59. The number of anilines is 1. The van der Waals surface area contributed by atoms with E-state index in [1.807, 2.05) is 30.3 Å². The molecule has 1 unspecified atom stereocenters. The normalized spacial score (nSPS) is 17.0. The first-order chi connectivity index (χ1) is 17.5. The summed E-state index contributed by atoms with van der Waals surface area (Å²) in [6.07, 6.45) is -7.50. The van der Waals surface area contributed by atoms with E-state index in [9.17, 15) is 33.0 Å². The number of alkyl halides is 3. The molecule has 8 nitrogen and oxygen atoms in total. The van der Waals surface area contributed by atoms with Gasteiger partial charge in [-0.05, 0) is 43.4 Å². The van der Waals surface area contributed by atoms with Gasteiger partial charge in [-0.15, -0.1) is 13.2 Å². The molecule has 0 saturated carbocycles. The summed E-state index contributed by atoms with van der Waals surface area (Å²) >= 11 is 0. The highest BCUT2D eigenvalue weighted by molar-refractivity contribution is 5.90. The molecule has 11 heteroatoms. The Balaban J connectivity index is 1.48. The molecule has 1 aliphatic rings. The highest BCUT2D eigenvalue weighted by Crippen LogP contribution is 2.34. The number of aliphatic hydroxyl groups excluding tert-OH is 2. The van der Waals surface area contributed by atoms with E-state index in [4.69, 9.17) is 0 Å². The Kier molecular flexibility index (Phi) is 9.39. The van der Waals surface area contributed by atoms with Crippen molar-refractivity contribution in [2.24, 2.45) is 5.92 Å². The molecular weight excluding hydrogens is 491 g/mol. The molecule has 1 saturated heterocycles. The molecule has 3 rings (SSSR count). The number of rotatable bonds is 9. The van der Waals surface area contributed by atoms with Crippen LogP contribution in [0.3, 0.4) is 0 Å². The van der Waals surface area contributed by atoms with Gasteiger partial charge in [-0.1, -0.05) is 42.5 Å². The molecule has 0 aromatic heterocycles. The smallest absolute Gasteiger partial charge is 0.404 e. The van der Waals surface area contributed by atoms with Crippen LogP contribution in [-0.4, -0.2) is 72.2 Å². The summed E-state index contributed by atoms with van der Waals surface area (Å²) < 4.78 is 42.3. The van der Waals surface area contributed by atoms with E-state index in [1.54, 1.807) is 24.0 Å². The quantitative estimate of drug-likeness (QED) is 0.467. The molecule has 2 amide bonds. The van der Waals surface area contributed by atoms with Gasteiger partial charge < -0.3 is 30.1 Å². The Hall–Kier alpha value is -3.31. The zero-order valence-electron chi connectivity index (χ0n) is 20.7. The fourth-order valence-electron chi connectivity index (χ4n) is 4.29. The lowest BCUT2D eigenvalue weighted by atomic mass is 9.96. The molecule has 2 aromatic carbocycles. The van der Waals surface area contributed by atoms with E-state index >= 15 is 0 Å². The number of likely N-dealkylation sites (N-methyl/N-ethyl adjacent to an activating group) is 1. The highest BCUT2D eigenvalue weighted by atomic mass is 19.4. The van der Waals surface area contributed by atoms with Crippen LogP contribution in [0.1, 0.15) is 31.4 Å². The Morgan fingerprint density at radius 1 is 1.05 bits per heavy atom. The SMILES string of the molecule is C[C@H](c1ccccc1)N(C)C(=O)[C@H](O)C(O)C(=O)NCC1CCN(c2ccccc2OC(F)(F)F)CC1. The van der Waals surface area contributed by atoms with Crippen molar-refractivity contribution in [3.63, 3.8) is 0 Å². The number of ether oxygens (including phenoxy) is 1. The second-order valence-electron chi connectivity index (χ2n) is 9.12. The summed E-state index contributed by atoms with van der Waals surface area (Å²) in [5, 5.41) is 23.2. The maximum absolute atomic E-state index is 12.7. The molecule has 0 bridgehead atoms. The van der Waals surface area contributed by atoms with Crippen molar-refractivity contribution >= 4 is 17.5 Å². The molecule has 0 aliphatic carbocycles. The van der Waals surface area contributed by atoms with Gasteiger partial charge in [-0.2, -0.15) is 0 Å². The first kappa shape index (κ1) is 28.3. The van der Waals surface area contributed by atoms with Crippen molar-refractivity contribution in [2.75, 3.05) is 31.6 Å². The molecule has 37 heavy (non-hydrogen) atoms. The molecule has 1 heterocycles. The van der Waals surface area contributed by atoms with E-state index in [0.29, 0.717) is 31.6 Å². The number of carbonyl (C=O) groups is 2. The molecule has 2 aromatic rings. The van der Waals surface area contributed by atoms with E-state index in [-0.39, 0.29) is 24.3 Å². The van der Waals surface area contributed by atoms with Gasteiger partial charge in [0.2, 0.25) is 0 Å². The molecule has 1 aliphatic heterocycles. The number of nitrogens with one attached hydrogen (secondary N) is 1. The third-order valence-electron chi connectivity index (χ3n) is 6.64. The lowest BCUT2D eigenvalue weighted by molar-refractivity contribution is -0.274. The lowest BCUT2D eigenvalue weighted by Gasteiger charge is -2.34. The van der Waals surface area contributed by atoms with Crippen LogP contribution in [0.5, 0.6) is 5.75 Å². The predicted molar refractivity (Wildman–Crippen MR) is 131 cm³/mol. The largest absolute Gasteiger partial charge is 0.573 e. The Labute approximate surface area is 213 Å². The maximum Gasteiger partial charge on any atom is 0.573 e. The van der Waals surface area contributed by atoms with Gasteiger partial charge in [0.25, 0.3) is 11.8 Å². The van der Waals surface area contributed by atoms with Gasteiger partial charge in [0.1, 0.15) is 0 Å². The predicted octanol–water partition coefficient (Wildman–Crippen LogP) is 2.86. The van der Waals surface area contributed by atoms with Gasteiger partial charge in [0, 0.05) is 26.7 Å². The van der Waals surface area contributed by atoms with Crippen molar-refractivity contribution in [1.29, 1.82) is 0 Å². The summed E-state index contributed by atoms with van der Waals surface area (Å²) in [6.45, 7) is 2.86. The van der Waals surface area contributed by atoms with E-state index in [1.165, 1.54) is 24.1 Å². The average molecular weight is 524 g/mol. The summed E-state index contributed by atoms with van der Waals surface area (Å²) in [7, 11) is 1.49. The number of amides is 2. The Bertz CT molecular complexity index is 1050. The first-order valence-corrected chi connectivity index (χ1v) is 12.0. The number of benzene rings is 2. The van der Waals surface area contributed by atoms with Gasteiger partial charge >= 0.3 is 6.36 Å². The number of para-hydroxylation sites is 2. The third-order valence-corrected chi connectivity index (χ3v) is 6.64. The van der Waals surface area contributed by atoms with Gasteiger partial charge in [0.15, 0.2) is 18.0 Å². The summed E-state index contributed by atoms with van der Waals surface area (Å²) in [5.41, 5.74) is 1.18. The van der Waals surface area contributed by atoms with Crippen LogP contribution in [0.25, 0.3) is 0 Å². The number of hydrogen-bond acceptors (Lipinski definition) is 6. The summed E-state index contributed by atoms with van der Waals surface area (Å²) in [5.74, 6) is -1.91. The summed E-state index contributed by atoms with van der Waals surface area (Å²) in [4.78, 5) is 28.1. The van der Waals surface area contributed by atoms with Gasteiger partial charge in [0.05, 0.1) is 11.7 Å². The molecule has 0 spiro atoms. The molecule has 3 N–H and O–H groups in total. The highest BCUT2D eigenvalue weighted by Gasteiger charge is 2.35. The molecule has 202 valence electrons. The van der Waals surface area contributed by atoms with E-state index in [2.05, 4.69) is 10.1 Å². The van der Waals surface area contributed by atoms with Gasteiger partial charge in [-0.3, -0.25) is 9.59 Å². The van der Waals surface area contributed by atoms with Crippen LogP contribution < -0.4 is 15.0 Å². The van der Waals surface area contributed by atoms with Crippen LogP contribution in [0.4, 0.5) is 18.9 Å². The van der Waals surface area contributed by atoms with E-state index < -0.39 is 30.4 Å². The number of nitrogens with zero attached hydrogens (tertiary/aromatic N) is 2. The zero-order chi connectivity index (χ0) is 27.2. The molecule has 1 fully saturated rings. The number of piperidine rings is 1. The minimum absolute atomic E-state index is 0.0108. The minimum Gasteiger partial charge on any atom is -0.404 e. The van der Waals surface area contributed by atoms with Crippen LogP contribution >= 0.6 is 0 Å².